The molecule has 0 saturated carbocycles. The first kappa shape index (κ1) is 89.9. The van der Waals surface area contributed by atoms with Crippen molar-refractivity contribution in [3.63, 3.8) is 0 Å². The molecule has 0 aromatic rings. The Morgan fingerprint density at radius 1 is 0.295 bits per heavy atom. The summed E-state index contributed by atoms with van der Waals surface area (Å²) in [5.41, 5.74) is 0. The van der Waals surface area contributed by atoms with Crippen LogP contribution in [0.3, 0.4) is 0 Å². The SMILES string of the molecule is CC/C=C\C/C=C\C/C=C\C/C=C\C/C=C\C/C=C\CCCCCCC(=O)OCC(O)COP(=O)(O)OCC(O)COP(=O)(O)OCC(COC(=O)CCCCCCCC/C=C\C/C=C\C/C=C\C/C=C\CC)OC(=O)CCCCCC/C=C\C/C=C\C/C=C\C/C=C\CC. The maximum Gasteiger partial charge on any atom is 0.472 e. The van der Waals surface area contributed by atoms with Crippen molar-refractivity contribution < 1.29 is 75.8 Å². The van der Waals surface area contributed by atoms with Gasteiger partial charge in [-0.15, -0.1) is 0 Å². The number of carbonyl (C=O) groups is 3. The first-order valence-electron chi connectivity index (χ1n) is 35.4. The Morgan fingerprint density at radius 3 is 0.832 bits per heavy atom. The van der Waals surface area contributed by atoms with Gasteiger partial charge in [-0.3, -0.25) is 32.5 Å². The van der Waals surface area contributed by atoms with E-state index in [9.17, 15) is 43.5 Å². The highest BCUT2D eigenvalue weighted by Crippen LogP contribution is 2.45. The molecule has 95 heavy (non-hydrogen) atoms. The maximum absolute atomic E-state index is 12.9. The van der Waals surface area contributed by atoms with Gasteiger partial charge in [0.25, 0.3) is 0 Å². The number of rotatable bonds is 65. The molecule has 0 rings (SSSR count). The van der Waals surface area contributed by atoms with Crippen LogP contribution in [0.15, 0.2) is 170 Å². The van der Waals surface area contributed by atoms with E-state index >= 15 is 0 Å². The van der Waals surface area contributed by atoms with Gasteiger partial charge in [-0.2, -0.15) is 0 Å². The van der Waals surface area contributed by atoms with E-state index in [0.29, 0.717) is 19.3 Å². The average molecular weight is 1370 g/mol. The zero-order valence-electron chi connectivity index (χ0n) is 58.3. The number of ether oxygens (including phenoxy) is 3. The quantitative estimate of drug-likeness (QED) is 0.0146. The Morgan fingerprint density at radius 2 is 0.526 bits per heavy atom. The van der Waals surface area contributed by atoms with Crippen LogP contribution in [0.2, 0.25) is 0 Å². The number of phosphoric acid groups is 2. The summed E-state index contributed by atoms with van der Waals surface area (Å²) in [7, 11) is -9.82. The second-order valence-corrected chi connectivity index (χ2v) is 25.8. The van der Waals surface area contributed by atoms with Gasteiger partial charge in [0, 0.05) is 19.3 Å². The number of aliphatic hydroxyl groups is 2. The molecule has 0 fully saturated rings. The number of phosphoric ester groups is 2. The van der Waals surface area contributed by atoms with Crippen LogP contribution in [0.1, 0.15) is 239 Å². The van der Waals surface area contributed by atoms with Crippen molar-refractivity contribution in [2.24, 2.45) is 0 Å². The first-order valence-corrected chi connectivity index (χ1v) is 38.4. The fourth-order valence-corrected chi connectivity index (χ4v) is 10.2. The summed E-state index contributed by atoms with van der Waals surface area (Å²) in [6, 6.07) is 0. The predicted octanol–water partition coefficient (Wildman–Crippen LogP) is 20.1. The van der Waals surface area contributed by atoms with E-state index in [1.165, 1.54) is 0 Å². The van der Waals surface area contributed by atoms with Crippen LogP contribution in [0.5, 0.6) is 0 Å². The van der Waals surface area contributed by atoms with Crippen molar-refractivity contribution in [1.29, 1.82) is 0 Å². The van der Waals surface area contributed by atoms with Crippen molar-refractivity contribution in [2.45, 2.75) is 257 Å². The molecule has 0 aliphatic rings. The largest absolute Gasteiger partial charge is 0.472 e. The molecule has 16 nitrogen and oxygen atoms in total. The number of hydrogen-bond acceptors (Lipinski definition) is 14. The second-order valence-electron chi connectivity index (χ2n) is 22.9. The Labute approximate surface area is 573 Å². The van der Waals surface area contributed by atoms with Gasteiger partial charge in [0.1, 0.15) is 25.4 Å². The number of carbonyl (C=O) groups excluding carboxylic acids is 3. The van der Waals surface area contributed by atoms with E-state index in [0.717, 1.165) is 180 Å². The van der Waals surface area contributed by atoms with Crippen LogP contribution in [0.4, 0.5) is 0 Å². The van der Waals surface area contributed by atoms with E-state index in [1.807, 2.05) is 0 Å². The molecule has 0 saturated heterocycles. The highest BCUT2D eigenvalue weighted by Gasteiger charge is 2.29. The maximum atomic E-state index is 12.9. The zero-order chi connectivity index (χ0) is 69.5. The van der Waals surface area contributed by atoms with Crippen molar-refractivity contribution in [3.8, 4) is 0 Å². The van der Waals surface area contributed by atoms with Gasteiger partial charge in [-0.1, -0.05) is 242 Å². The summed E-state index contributed by atoms with van der Waals surface area (Å²) >= 11 is 0. The zero-order valence-corrected chi connectivity index (χ0v) is 60.1. The predicted molar refractivity (Wildman–Crippen MR) is 389 cm³/mol. The monoisotopic (exact) mass is 1370 g/mol. The Bertz CT molecular complexity index is 2410. The van der Waals surface area contributed by atoms with Crippen molar-refractivity contribution in [3.05, 3.63) is 170 Å². The number of hydrogen-bond donors (Lipinski definition) is 4. The third-order valence-corrected chi connectivity index (χ3v) is 15.8. The molecule has 4 N–H and O–H groups in total. The van der Waals surface area contributed by atoms with Gasteiger partial charge in [0.05, 0.1) is 26.4 Å². The summed E-state index contributed by atoms with van der Waals surface area (Å²) in [6.07, 6.45) is 85.4. The number of aliphatic hydroxyl groups excluding tert-OH is 2. The van der Waals surface area contributed by atoms with Crippen LogP contribution < -0.4 is 0 Å². The summed E-state index contributed by atoms with van der Waals surface area (Å²) in [5, 5.41) is 20.6. The van der Waals surface area contributed by atoms with Gasteiger partial charge < -0.3 is 34.2 Å². The van der Waals surface area contributed by atoms with Gasteiger partial charge >= 0.3 is 33.6 Å². The first-order chi connectivity index (χ1) is 46.2. The van der Waals surface area contributed by atoms with Crippen LogP contribution in [0.25, 0.3) is 0 Å². The molecule has 5 atom stereocenters. The molecule has 0 aliphatic carbocycles. The minimum absolute atomic E-state index is 0.0658. The van der Waals surface area contributed by atoms with E-state index in [2.05, 4.69) is 191 Å². The van der Waals surface area contributed by atoms with Crippen LogP contribution >= 0.6 is 15.6 Å². The fourth-order valence-electron chi connectivity index (χ4n) is 8.61. The molecule has 0 aromatic carbocycles. The minimum atomic E-state index is -4.95. The smallest absolute Gasteiger partial charge is 0.463 e. The summed E-state index contributed by atoms with van der Waals surface area (Å²) in [5.74, 6) is -1.66. The Kier molecular flexibility index (Phi) is 65.1. The van der Waals surface area contributed by atoms with Gasteiger partial charge in [0.2, 0.25) is 0 Å². The summed E-state index contributed by atoms with van der Waals surface area (Å²) in [6.45, 7) is 2.22. The molecule has 0 aliphatic heterocycles. The molecule has 0 aromatic heterocycles. The molecule has 0 radical (unpaired) electrons. The van der Waals surface area contributed by atoms with Gasteiger partial charge in [-0.05, 0) is 148 Å². The summed E-state index contributed by atoms with van der Waals surface area (Å²) in [4.78, 5) is 58.5. The standard InChI is InChI=1S/C77H124O16P2/c1-4-7-10-13-16-19-22-25-28-31-33-34-35-36-38-41-42-45-48-51-54-57-60-63-75(80)87-66-72(78)67-89-94(83,84)90-68-73(79)69-91-95(85,86)92-71-74(93-77(82)65-62-59-56-53-50-47-44-39-30-27-24-21-18-15-12-9-6-3)70-88-76(81)64-61-58-55-52-49-46-43-40-37-32-29-26-23-20-17-14-11-8-5-2/h7-12,16-21,25-30,33-34,36-38,40,42,44-45,47,72-74,78-79H,4-6,13-15,22-24,31-32,35,39,41,43,46,48-71H2,1-3H3,(H,83,84)(H,85,86)/b10-7-,11-8-,12-9-,19-16-,20-17-,21-18-,28-25-,29-26-,30-27-,34-33-,38-36-,40-37-,45-42-,47-44-. The molecule has 0 spiro atoms. The van der Waals surface area contributed by atoms with Crippen LogP contribution in [-0.4, -0.2) is 95.9 Å². The van der Waals surface area contributed by atoms with Crippen molar-refractivity contribution in [2.75, 3.05) is 39.6 Å². The van der Waals surface area contributed by atoms with Crippen LogP contribution in [0, 0.1) is 0 Å². The molecule has 0 amide bonds. The van der Waals surface area contributed by atoms with Crippen molar-refractivity contribution >= 4 is 33.6 Å². The lowest BCUT2D eigenvalue weighted by Crippen LogP contribution is -2.30. The topological polar surface area (TPSA) is 231 Å². The average Bonchev–Trinajstić information content (AvgIpc) is 2.05. The normalized spacial score (nSPS) is 15.1. The minimum Gasteiger partial charge on any atom is -0.463 e. The third-order valence-electron chi connectivity index (χ3n) is 13.9. The molecule has 538 valence electrons. The van der Waals surface area contributed by atoms with Gasteiger partial charge in [0.15, 0.2) is 6.10 Å². The lowest BCUT2D eigenvalue weighted by atomic mass is 10.1. The highest BCUT2D eigenvalue weighted by molar-refractivity contribution is 7.47. The van der Waals surface area contributed by atoms with Crippen molar-refractivity contribution in [1.82, 2.24) is 0 Å². The highest BCUT2D eigenvalue weighted by atomic mass is 31.2. The molecule has 5 unspecified atom stereocenters. The van der Waals surface area contributed by atoms with Crippen LogP contribution in [-0.2, 0) is 55.8 Å². The molecule has 0 heterocycles. The van der Waals surface area contributed by atoms with E-state index in [4.69, 9.17) is 32.3 Å². The lowest BCUT2D eigenvalue weighted by molar-refractivity contribution is -0.161. The molecular formula is C77H124O16P2. The third kappa shape index (κ3) is 70.1. The number of unbranched alkanes of at least 4 members (excludes halogenated alkanes) is 14. The van der Waals surface area contributed by atoms with E-state index < -0.39 is 91.5 Å². The van der Waals surface area contributed by atoms with Gasteiger partial charge in [-0.25, -0.2) is 9.13 Å². The second kappa shape index (κ2) is 68.8. The number of esters is 3. The molecular weight excluding hydrogens is 1240 g/mol. The van der Waals surface area contributed by atoms with E-state index in [-0.39, 0.29) is 19.3 Å². The van der Waals surface area contributed by atoms with E-state index in [1.54, 1.807) is 0 Å². The molecule has 18 heteroatoms. The lowest BCUT2D eigenvalue weighted by Gasteiger charge is -2.21. The Balaban J connectivity index is 4.74. The number of allylic oxidation sites excluding steroid dienone is 28. The Hall–Kier alpha value is -5.09. The molecule has 0 bridgehead atoms. The fraction of sp³-hybridized carbons (Fsp3) is 0.597. The summed E-state index contributed by atoms with van der Waals surface area (Å²) < 4.78 is 60.9.